The maximum Gasteiger partial charge on any atom is 0.102 e. The van der Waals surface area contributed by atoms with E-state index >= 15 is 0 Å². The van der Waals surface area contributed by atoms with Crippen molar-refractivity contribution in [3.05, 3.63) is 0 Å². The minimum atomic E-state index is -0.267. The normalized spacial score (nSPS) is 30.5. The molecule has 72 valence electrons. The molecule has 0 bridgehead atoms. The van der Waals surface area contributed by atoms with E-state index in [2.05, 4.69) is 5.32 Å². The van der Waals surface area contributed by atoms with E-state index in [0.717, 1.165) is 19.4 Å². The molecule has 2 unspecified atom stereocenters. The Labute approximate surface area is 78.7 Å². The van der Waals surface area contributed by atoms with Gasteiger partial charge in [-0.2, -0.15) is 0 Å². The van der Waals surface area contributed by atoms with E-state index in [1.54, 1.807) is 0 Å². The van der Waals surface area contributed by atoms with Crippen molar-refractivity contribution in [1.29, 1.82) is 0 Å². The van der Waals surface area contributed by atoms with Crippen molar-refractivity contribution in [2.75, 3.05) is 19.8 Å². The Morgan fingerprint density at radius 2 is 2.25 bits per heavy atom. The molecule has 2 atom stereocenters. The SMILES string of the molecule is FCCNCC1CCCC(Cl)C1. The van der Waals surface area contributed by atoms with Crippen molar-refractivity contribution in [3.8, 4) is 0 Å². The molecule has 0 aromatic rings. The monoisotopic (exact) mass is 193 g/mol. The summed E-state index contributed by atoms with van der Waals surface area (Å²) in [5.74, 6) is 0.674. The van der Waals surface area contributed by atoms with Gasteiger partial charge in [-0.3, -0.25) is 0 Å². The first-order valence-electron chi connectivity index (χ1n) is 4.73. The zero-order valence-electron chi connectivity index (χ0n) is 7.36. The molecule has 1 rings (SSSR count). The van der Waals surface area contributed by atoms with Gasteiger partial charge in [-0.05, 0) is 31.7 Å². The van der Waals surface area contributed by atoms with Crippen molar-refractivity contribution in [3.63, 3.8) is 0 Å². The number of halogens is 2. The van der Waals surface area contributed by atoms with Crippen molar-refractivity contribution < 1.29 is 4.39 Å². The van der Waals surface area contributed by atoms with Gasteiger partial charge in [0, 0.05) is 11.9 Å². The number of hydrogen-bond acceptors (Lipinski definition) is 1. The molecule has 0 aliphatic heterocycles. The lowest BCUT2D eigenvalue weighted by Gasteiger charge is -2.25. The van der Waals surface area contributed by atoms with Crippen LogP contribution in [0.2, 0.25) is 0 Å². The van der Waals surface area contributed by atoms with Gasteiger partial charge in [0.05, 0.1) is 0 Å². The second kappa shape index (κ2) is 5.76. The predicted molar refractivity (Wildman–Crippen MR) is 50.4 cm³/mol. The van der Waals surface area contributed by atoms with E-state index in [1.807, 2.05) is 0 Å². The maximum absolute atomic E-state index is 11.7. The van der Waals surface area contributed by atoms with Crippen LogP contribution in [-0.4, -0.2) is 25.1 Å². The summed E-state index contributed by atoms with van der Waals surface area (Å²) >= 11 is 6.02. The van der Waals surface area contributed by atoms with Gasteiger partial charge in [-0.15, -0.1) is 11.6 Å². The van der Waals surface area contributed by atoms with Gasteiger partial charge in [-0.25, -0.2) is 4.39 Å². The molecule has 1 aliphatic rings. The van der Waals surface area contributed by atoms with Crippen LogP contribution in [0.5, 0.6) is 0 Å². The molecule has 0 radical (unpaired) electrons. The first kappa shape index (κ1) is 10.3. The molecule has 0 aromatic heterocycles. The van der Waals surface area contributed by atoms with Gasteiger partial charge < -0.3 is 5.32 Å². The Kier molecular flexibility index (Phi) is 4.93. The zero-order chi connectivity index (χ0) is 8.81. The Morgan fingerprint density at radius 3 is 2.92 bits per heavy atom. The lowest BCUT2D eigenvalue weighted by atomic mass is 9.89. The van der Waals surface area contributed by atoms with Crippen LogP contribution in [0.25, 0.3) is 0 Å². The molecular formula is C9H17ClFN. The van der Waals surface area contributed by atoms with E-state index < -0.39 is 0 Å². The second-order valence-corrected chi connectivity index (χ2v) is 4.14. The lowest BCUT2D eigenvalue weighted by Crippen LogP contribution is -2.28. The summed E-state index contributed by atoms with van der Waals surface area (Å²) in [6.07, 6.45) is 4.74. The molecular weight excluding hydrogens is 177 g/mol. The Morgan fingerprint density at radius 1 is 1.42 bits per heavy atom. The van der Waals surface area contributed by atoms with Crippen LogP contribution >= 0.6 is 11.6 Å². The standard InChI is InChI=1S/C9H17ClFN/c10-9-3-1-2-8(6-9)7-12-5-4-11/h8-9,12H,1-7H2. The van der Waals surface area contributed by atoms with Crippen LogP contribution in [0.15, 0.2) is 0 Å². The molecule has 0 aromatic carbocycles. The third-order valence-electron chi connectivity index (χ3n) is 2.42. The molecule has 1 fully saturated rings. The molecule has 3 heteroatoms. The number of rotatable bonds is 4. The summed E-state index contributed by atoms with van der Waals surface area (Å²) in [4.78, 5) is 0. The van der Waals surface area contributed by atoms with Gasteiger partial charge in [0.1, 0.15) is 6.67 Å². The van der Waals surface area contributed by atoms with Crippen molar-refractivity contribution in [1.82, 2.24) is 5.32 Å². The van der Waals surface area contributed by atoms with E-state index in [-0.39, 0.29) is 6.67 Å². The van der Waals surface area contributed by atoms with E-state index in [9.17, 15) is 4.39 Å². The van der Waals surface area contributed by atoms with Crippen LogP contribution in [0, 0.1) is 5.92 Å². The molecule has 0 amide bonds. The van der Waals surface area contributed by atoms with Crippen molar-refractivity contribution in [2.45, 2.75) is 31.1 Å². The summed E-state index contributed by atoms with van der Waals surface area (Å²) in [7, 11) is 0. The minimum Gasteiger partial charge on any atom is -0.314 e. The Balaban J connectivity index is 2.06. The fourth-order valence-corrected chi connectivity index (χ4v) is 2.19. The van der Waals surface area contributed by atoms with E-state index in [0.29, 0.717) is 17.8 Å². The summed E-state index contributed by atoms with van der Waals surface area (Å²) in [6.45, 7) is 1.16. The van der Waals surface area contributed by atoms with E-state index in [1.165, 1.54) is 12.8 Å². The van der Waals surface area contributed by atoms with Gasteiger partial charge in [-0.1, -0.05) is 6.42 Å². The van der Waals surface area contributed by atoms with Crippen LogP contribution in [-0.2, 0) is 0 Å². The molecule has 12 heavy (non-hydrogen) atoms. The largest absolute Gasteiger partial charge is 0.314 e. The fraction of sp³-hybridized carbons (Fsp3) is 1.00. The highest BCUT2D eigenvalue weighted by atomic mass is 35.5. The van der Waals surface area contributed by atoms with Crippen LogP contribution in [0.3, 0.4) is 0 Å². The first-order chi connectivity index (χ1) is 5.83. The number of hydrogen-bond donors (Lipinski definition) is 1. The van der Waals surface area contributed by atoms with Gasteiger partial charge >= 0.3 is 0 Å². The van der Waals surface area contributed by atoms with Crippen molar-refractivity contribution in [2.24, 2.45) is 5.92 Å². The zero-order valence-corrected chi connectivity index (χ0v) is 8.12. The van der Waals surface area contributed by atoms with Crippen LogP contribution in [0.4, 0.5) is 4.39 Å². The summed E-state index contributed by atoms with van der Waals surface area (Å²) in [5.41, 5.74) is 0. The molecule has 1 saturated carbocycles. The average Bonchev–Trinajstić information content (AvgIpc) is 2.05. The third-order valence-corrected chi connectivity index (χ3v) is 2.82. The molecule has 0 spiro atoms. The molecule has 0 heterocycles. The third kappa shape index (κ3) is 3.72. The average molecular weight is 194 g/mol. The van der Waals surface area contributed by atoms with Gasteiger partial charge in [0.15, 0.2) is 0 Å². The van der Waals surface area contributed by atoms with Crippen LogP contribution in [0.1, 0.15) is 25.7 Å². The van der Waals surface area contributed by atoms with Gasteiger partial charge in [0.2, 0.25) is 0 Å². The van der Waals surface area contributed by atoms with E-state index in [4.69, 9.17) is 11.6 Å². The second-order valence-electron chi connectivity index (χ2n) is 3.52. The molecule has 1 N–H and O–H groups in total. The topological polar surface area (TPSA) is 12.0 Å². The summed E-state index contributed by atoms with van der Waals surface area (Å²) in [5, 5.41) is 3.45. The highest BCUT2D eigenvalue weighted by Gasteiger charge is 2.19. The summed E-state index contributed by atoms with van der Waals surface area (Å²) < 4.78 is 11.7. The predicted octanol–water partition coefficient (Wildman–Crippen LogP) is 2.34. The minimum absolute atomic E-state index is 0.267. The van der Waals surface area contributed by atoms with Crippen molar-refractivity contribution >= 4 is 11.6 Å². The number of alkyl halides is 2. The van der Waals surface area contributed by atoms with Crippen LogP contribution < -0.4 is 5.32 Å². The Hall–Kier alpha value is 0.180. The molecule has 1 aliphatic carbocycles. The van der Waals surface area contributed by atoms with Gasteiger partial charge in [0.25, 0.3) is 0 Å². The Bertz CT molecular complexity index is 121. The fourth-order valence-electron chi connectivity index (χ4n) is 1.78. The highest BCUT2D eigenvalue weighted by Crippen LogP contribution is 2.27. The number of nitrogens with one attached hydrogen (secondary N) is 1. The lowest BCUT2D eigenvalue weighted by molar-refractivity contribution is 0.339. The quantitative estimate of drug-likeness (QED) is 0.534. The maximum atomic E-state index is 11.7. The molecule has 0 saturated heterocycles. The first-order valence-corrected chi connectivity index (χ1v) is 5.17. The smallest absolute Gasteiger partial charge is 0.102 e. The highest BCUT2D eigenvalue weighted by molar-refractivity contribution is 6.20. The molecule has 1 nitrogen and oxygen atoms in total. The summed E-state index contributed by atoms with van der Waals surface area (Å²) in [6, 6.07) is 0.